The summed E-state index contributed by atoms with van der Waals surface area (Å²) < 4.78 is 1.68. The van der Waals surface area contributed by atoms with Crippen molar-refractivity contribution in [3.8, 4) is 11.3 Å². The van der Waals surface area contributed by atoms with E-state index in [1.165, 1.54) is 0 Å². The number of pyridine rings is 1. The van der Waals surface area contributed by atoms with E-state index in [9.17, 15) is 9.90 Å². The number of carbonyl (C=O) groups excluding carboxylic acids is 1. The van der Waals surface area contributed by atoms with Crippen molar-refractivity contribution in [2.24, 2.45) is 7.05 Å². The van der Waals surface area contributed by atoms with Crippen LogP contribution in [0.25, 0.3) is 11.3 Å². The highest BCUT2D eigenvalue weighted by molar-refractivity contribution is 5.82. The molecule has 0 saturated heterocycles. The molecular formula is C22H22N8O2. The van der Waals surface area contributed by atoms with E-state index >= 15 is 0 Å². The van der Waals surface area contributed by atoms with Gasteiger partial charge in [-0.25, -0.2) is 15.0 Å². The molecule has 4 aromatic rings. The van der Waals surface area contributed by atoms with Crippen LogP contribution in [-0.4, -0.2) is 41.9 Å². The van der Waals surface area contributed by atoms with Crippen molar-refractivity contribution in [3.63, 3.8) is 0 Å². The Balaban J connectivity index is 1.40. The van der Waals surface area contributed by atoms with Gasteiger partial charge in [-0.2, -0.15) is 5.10 Å². The normalized spacial score (nSPS) is 11.6. The number of nitrogens with zero attached hydrogens (tertiary/aromatic N) is 5. The van der Waals surface area contributed by atoms with Crippen molar-refractivity contribution in [2.75, 3.05) is 10.7 Å². The minimum absolute atomic E-state index is 0.217. The number of aryl methyl sites for hydroxylation is 1. The average Bonchev–Trinajstić information content (AvgIpc) is 3.22. The first-order valence-corrected chi connectivity index (χ1v) is 9.91. The summed E-state index contributed by atoms with van der Waals surface area (Å²) in [6.07, 6.45) is 3.96. The van der Waals surface area contributed by atoms with Crippen LogP contribution in [0, 0.1) is 0 Å². The molecule has 10 heteroatoms. The highest BCUT2D eigenvalue weighted by Gasteiger charge is 2.15. The van der Waals surface area contributed by atoms with Crippen LogP contribution in [0.15, 0.2) is 73.2 Å². The number of benzene rings is 1. The quantitative estimate of drug-likeness (QED) is 0.313. The summed E-state index contributed by atoms with van der Waals surface area (Å²) in [7, 11) is 1.82. The van der Waals surface area contributed by atoms with Gasteiger partial charge >= 0.3 is 0 Å². The second kappa shape index (κ2) is 9.67. The lowest BCUT2D eigenvalue weighted by atomic mass is 10.1. The van der Waals surface area contributed by atoms with Gasteiger partial charge in [0.05, 0.1) is 11.9 Å². The van der Waals surface area contributed by atoms with Gasteiger partial charge in [0.1, 0.15) is 17.7 Å². The van der Waals surface area contributed by atoms with Crippen LogP contribution in [0.5, 0.6) is 0 Å². The zero-order valence-electron chi connectivity index (χ0n) is 17.3. The third-order valence-corrected chi connectivity index (χ3v) is 4.66. The molecule has 4 N–H and O–H groups in total. The maximum atomic E-state index is 12.2. The molecule has 0 aliphatic carbocycles. The fourth-order valence-corrected chi connectivity index (χ4v) is 2.99. The molecule has 1 aromatic carbocycles. The molecule has 1 atom stereocenters. The van der Waals surface area contributed by atoms with Gasteiger partial charge < -0.3 is 10.4 Å². The summed E-state index contributed by atoms with van der Waals surface area (Å²) in [6.45, 7) is 0. The smallest absolute Gasteiger partial charge is 0.267 e. The molecule has 0 radical (unpaired) electrons. The number of hydrazine groups is 1. The van der Waals surface area contributed by atoms with Crippen LogP contribution in [0.1, 0.15) is 5.56 Å². The molecule has 0 spiro atoms. The summed E-state index contributed by atoms with van der Waals surface area (Å²) in [6, 6.07) is 16.4. The molecular weight excluding hydrogens is 408 g/mol. The molecule has 0 saturated carbocycles. The predicted octanol–water partition coefficient (Wildman–Crippen LogP) is 2.06. The van der Waals surface area contributed by atoms with E-state index in [1.54, 1.807) is 41.5 Å². The van der Waals surface area contributed by atoms with Crippen molar-refractivity contribution in [3.05, 3.63) is 78.8 Å². The lowest BCUT2D eigenvalue weighted by Gasteiger charge is -2.13. The molecule has 0 fully saturated rings. The molecule has 0 aliphatic heterocycles. The standard InChI is InChI=1S/C22H22N8O2/c1-30-20(9-12-25-30)27-22-24-11-8-17(26-22)16-7-10-23-19(14-16)28-29-21(32)18(31)13-15-5-3-2-4-6-15/h2-12,14,18,31H,13H2,1H3,(H,23,28)(H,29,32)(H,24,26,27)/t18-/m1/s1. The van der Waals surface area contributed by atoms with Gasteiger partial charge in [0.2, 0.25) is 5.95 Å². The van der Waals surface area contributed by atoms with Gasteiger partial charge in [-0.15, -0.1) is 0 Å². The summed E-state index contributed by atoms with van der Waals surface area (Å²) >= 11 is 0. The topological polar surface area (TPSA) is 130 Å². The Labute approximate surface area is 184 Å². The maximum Gasteiger partial charge on any atom is 0.267 e. The monoisotopic (exact) mass is 430 g/mol. The highest BCUT2D eigenvalue weighted by atomic mass is 16.3. The summed E-state index contributed by atoms with van der Waals surface area (Å²) in [5, 5.41) is 17.4. The zero-order valence-corrected chi connectivity index (χ0v) is 17.3. The Kier molecular flexibility index (Phi) is 6.33. The van der Waals surface area contributed by atoms with Gasteiger partial charge in [0.25, 0.3) is 5.91 Å². The molecule has 4 rings (SSSR count). The number of rotatable bonds is 8. The number of nitrogens with one attached hydrogen (secondary N) is 3. The number of anilines is 3. The number of hydrogen-bond donors (Lipinski definition) is 4. The summed E-state index contributed by atoms with van der Waals surface area (Å²) in [5.74, 6) is 1.04. The summed E-state index contributed by atoms with van der Waals surface area (Å²) in [5.41, 5.74) is 7.54. The molecule has 0 unspecified atom stereocenters. The number of aliphatic hydroxyl groups excluding tert-OH is 1. The van der Waals surface area contributed by atoms with Crippen LogP contribution in [0.2, 0.25) is 0 Å². The molecule has 10 nitrogen and oxygen atoms in total. The van der Waals surface area contributed by atoms with Crippen LogP contribution in [-0.2, 0) is 18.3 Å². The van der Waals surface area contributed by atoms with E-state index in [0.717, 1.165) is 16.9 Å². The van der Waals surface area contributed by atoms with E-state index in [-0.39, 0.29) is 6.42 Å². The van der Waals surface area contributed by atoms with Gasteiger partial charge in [-0.3, -0.25) is 20.3 Å². The number of carbonyl (C=O) groups is 1. The summed E-state index contributed by atoms with van der Waals surface area (Å²) in [4.78, 5) is 25.2. The van der Waals surface area contributed by atoms with Gasteiger partial charge in [-0.1, -0.05) is 30.3 Å². The number of aliphatic hydroxyl groups is 1. The van der Waals surface area contributed by atoms with Crippen molar-refractivity contribution < 1.29 is 9.90 Å². The second-order valence-electron chi connectivity index (χ2n) is 6.98. The lowest BCUT2D eigenvalue weighted by molar-refractivity contribution is -0.128. The van der Waals surface area contributed by atoms with E-state index in [2.05, 4.69) is 36.2 Å². The van der Waals surface area contributed by atoms with Crippen LogP contribution in [0.4, 0.5) is 17.6 Å². The van der Waals surface area contributed by atoms with E-state index in [0.29, 0.717) is 17.5 Å². The van der Waals surface area contributed by atoms with E-state index in [1.807, 2.05) is 43.4 Å². The van der Waals surface area contributed by atoms with Crippen LogP contribution >= 0.6 is 0 Å². The molecule has 1 amide bonds. The number of aromatic nitrogens is 5. The first kappa shape index (κ1) is 20.9. The van der Waals surface area contributed by atoms with Crippen molar-refractivity contribution in [2.45, 2.75) is 12.5 Å². The highest BCUT2D eigenvalue weighted by Crippen LogP contribution is 2.20. The average molecular weight is 430 g/mol. The van der Waals surface area contributed by atoms with Gasteiger partial charge in [0.15, 0.2) is 0 Å². The van der Waals surface area contributed by atoms with Gasteiger partial charge in [0, 0.05) is 37.5 Å². The Morgan fingerprint density at radius 1 is 1.06 bits per heavy atom. The van der Waals surface area contributed by atoms with Crippen LogP contribution < -0.4 is 16.2 Å². The Morgan fingerprint density at radius 2 is 1.88 bits per heavy atom. The Hall–Kier alpha value is -4.31. The molecule has 32 heavy (non-hydrogen) atoms. The largest absolute Gasteiger partial charge is 0.383 e. The Morgan fingerprint density at radius 3 is 2.66 bits per heavy atom. The fourth-order valence-electron chi connectivity index (χ4n) is 2.99. The van der Waals surface area contributed by atoms with Crippen molar-refractivity contribution >= 4 is 23.5 Å². The zero-order chi connectivity index (χ0) is 22.3. The SMILES string of the molecule is Cn1nccc1Nc1nccc(-c2ccnc(NNC(=O)[C@H](O)Cc3ccccc3)c2)n1. The van der Waals surface area contributed by atoms with Crippen molar-refractivity contribution in [1.29, 1.82) is 0 Å². The molecule has 0 bridgehead atoms. The van der Waals surface area contributed by atoms with Crippen LogP contribution in [0.3, 0.4) is 0 Å². The third-order valence-electron chi connectivity index (χ3n) is 4.66. The minimum Gasteiger partial charge on any atom is -0.383 e. The lowest BCUT2D eigenvalue weighted by Crippen LogP contribution is -2.39. The van der Waals surface area contributed by atoms with E-state index < -0.39 is 12.0 Å². The van der Waals surface area contributed by atoms with Crippen molar-refractivity contribution in [1.82, 2.24) is 30.2 Å². The Bertz CT molecular complexity index is 1200. The fraction of sp³-hybridized carbons (Fsp3) is 0.136. The third kappa shape index (κ3) is 5.24. The van der Waals surface area contributed by atoms with Gasteiger partial charge in [-0.05, 0) is 23.8 Å². The first-order valence-electron chi connectivity index (χ1n) is 9.91. The maximum absolute atomic E-state index is 12.2. The predicted molar refractivity (Wildman–Crippen MR) is 120 cm³/mol. The number of amides is 1. The second-order valence-corrected chi connectivity index (χ2v) is 6.98. The molecule has 3 heterocycles. The molecule has 162 valence electrons. The number of hydrogen-bond acceptors (Lipinski definition) is 8. The molecule has 3 aromatic heterocycles. The molecule has 0 aliphatic rings. The minimum atomic E-state index is -1.18. The first-order chi connectivity index (χ1) is 15.6. The van der Waals surface area contributed by atoms with E-state index in [4.69, 9.17) is 0 Å².